The van der Waals surface area contributed by atoms with Crippen LogP contribution in [0.2, 0.25) is 5.02 Å². The van der Waals surface area contributed by atoms with Crippen molar-refractivity contribution in [2.75, 3.05) is 13.2 Å². The second kappa shape index (κ2) is 9.46. The molecular formula is C22H20ClFN4O4. The number of hydrogen-bond donors (Lipinski definition) is 1. The highest BCUT2D eigenvalue weighted by atomic mass is 35.5. The van der Waals surface area contributed by atoms with Crippen LogP contribution in [0, 0.1) is 5.82 Å². The lowest BCUT2D eigenvalue weighted by Gasteiger charge is -2.14. The highest BCUT2D eigenvalue weighted by Gasteiger charge is 2.22. The summed E-state index contributed by atoms with van der Waals surface area (Å²) in [6.07, 6.45) is 1.60. The molecule has 0 radical (unpaired) electrons. The molecule has 10 heteroatoms. The fourth-order valence-corrected chi connectivity index (χ4v) is 3.54. The molecular weight excluding hydrogens is 439 g/mol. The van der Waals surface area contributed by atoms with Gasteiger partial charge in [-0.2, -0.15) is 9.78 Å². The van der Waals surface area contributed by atoms with Crippen molar-refractivity contribution in [1.29, 1.82) is 0 Å². The molecule has 0 aliphatic carbocycles. The third kappa shape index (κ3) is 4.79. The van der Waals surface area contributed by atoms with Crippen molar-refractivity contribution in [3.63, 3.8) is 0 Å². The second-order valence-corrected chi connectivity index (χ2v) is 7.82. The van der Waals surface area contributed by atoms with Gasteiger partial charge in [0.05, 0.1) is 18.3 Å². The van der Waals surface area contributed by atoms with Crippen LogP contribution in [0.4, 0.5) is 4.39 Å². The monoisotopic (exact) mass is 458 g/mol. The summed E-state index contributed by atoms with van der Waals surface area (Å²) in [4.78, 5) is 38.9. The van der Waals surface area contributed by atoms with Crippen molar-refractivity contribution in [2.45, 2.75) is 25.5 Å². The van der Waals surface area contributed by atoms with Gasteiger partial charge in [-0.05, 0) is 54.8 Å². The minimum absolute atomic E-state index is 0.123. The highest BCUT2D eigenvalue weighted by Crippen LogP contribution is 2.12. The number of ether oxygens (including phenoxy) is 1. The van der Waals surface area contributed by atoms with E-state index in [0.717, 1.165) is 22.1 Å². The van der Waals surface area contributed by atoms with E-state index in [9.17, 15) is 18.8 Å². The van der Waals surface area contributed by atoms with Crippen LogP contribution in [0.25, 0.3) is 5.69 Å². The fraction of sp³-hybridized carbons (Fsp3) is 0.273. The van der Waals surface area contributed by atoms with Crippen molar-refractivity contribution in [1.82, 2.24) is 19.7 Å². The zero-order valence-electron chi connectivity index (χ0n) is 17.0. The van der Waals surface area contributed by atoms with Crippen molar-refractivity contribution < 1.29 is 13.9 Å². The Morgan fingerprint density at radius 2 is 1.88 bits per heavy atom. The molecule has 4 rings (SSSR count). The number of nitrogens with zero attached hydrogens (tertiary/aromatic N) is 3. The number of carbonyl (C=O) groups excluding carboxylic acids is 1. The molecule has 1 aromatic heterocycles. The summed E-state index contributed by atoms with van der Waals surface area (Å²) in [5.41, 5.74) is -1.16. The van der Waals surface area contributed by atoms with Crippen LogP contribution in [0.5, 0.6) is 0 Å². The van der Waals surface area contributed by atoms with Crippen molar-refractivity contribution in [2.24, 2.45) is 0 Å². The van der Waals surface area contributed by atoms with Crippen LogP contribution in [-0.4, -0.2) is 39.5 Å². The molecule has 1 atom stereocenters. The van der Waals surface area contributed by atoms with Gasteiger partial charge in [0, 0.05) is 18.2 Å². The topological polar surface area (TPSA) is 95.2 Å². The van der Waals surface area contributed by atoms with Gasteiger partial charge in [-0.15, -0.1) is 0 Å². The first-order chi connectivity index (χ1) is 15.4. The van der Waals surface area contributed by atoms with Crippen molar-refractivity contribution >= 4 is 17.5 Å². The Morgan fingerprint density at radius 3 is 2.53 bits per heavy atom. The lowest BCUT2D eigenvalue weighted by atomic mass is 10.2. The second-order valence-electron chi connectivity index (χ2n) is 7.38. The van der Waals surface area contributed by atoms with Gasteiger partial charge < -0.3 is 10.1 Å². The van der Waals surface area contributed by atoms with Gasteiger partial charge >= 0.3 is 5.69 Å². The summed E-state index contributed by atoms with van der Waals surface area (Å²) in [6, 6.07) is 11.6. The molecule has 166 valence electrons. The Bertz CT molecular complexity index is 1230. The van der Waals surface area contributed by atoms with Crippen LogP contribution < -0.4 is 16.6 Å². The van der Waals surface area contributed by atoms with E-state index >= 15 is 0 Å². The smallest absolute Gasteiger partial charge is 0.352 e. The Morgan fingerprint density at radius 1 is 1.16 bits per heavy atom. The lowest BCUT2D eigenvalue weighted by Crippen LogP contribution is -2.46. The molecule has 2 aromatic carbocycles. The van der Waals surface area contributed by atoms with E-state index in [-0.39, 0.29) is 19.2 Å². The number of hydrogen-bond acceptors (Lipinski definition) is 5. The number of benzene rings is 2. The SMILES string of the molecule is O=C(NCC1CCCO1)c1nn(-c2ccc(Cl)cc2)c(=O)n(Cc2ccc(F)cc2)c1=O. The van der Waals surface area contributed by atoms with E-state index in [0.29, 0.717) is 22.9 Å². The molecule has 3 aromatic rings. The summed E-state index contributed by atoms with van der Waals surface area (Å²) >= 11 is 5.93. The van der Waals surface area contributed by atoms with Crippen LogP contribution >= 0.6 is 11.6 Å². The first-order valence-corrected chi connectivity index (χ1v) is 10.4. The van der Waals surface area contributed by atoms with Gasteiger partial charge in [0.25, 0.3) is 11.5 Å². The molecule has 1 amide bonds. The first kappa shape index (κ1) is 21.9. The maximum Gasteiger partial charge on any atom is 0.352 e. The van der Waals surface area contributed by atoms with Gasteiger partial charge in [-0.3, -0.25) is 14.2 Å². The molecule has 1 N–H and O–H groups in total. The highest BCUT2D eigenvalue weighted by molar-refractivity contribution is 6.30. The molecule has 0 saturated carbocycles. The minimum atomic E-state index is -0.839. The van der Waals surface area contributed by atoms with Crippen molar-refractivity contribution in [3.8, 4) is 5.69 Å². The summed E-state index contributed by atoms with van der Waals surface area (Å²) < 4.78 is 20.6. The van der Waals surface area contributed by atoms with Crippen molar-refractivity contribution in [3.05, 3.63) is 91.5 Å². The Hall–Kier alpha value is -3.30. The Kier molecular flexibility index (Phi) is 6.48. The average molecular weight is 459 g/mol. The summed E-state index contributed by atoms with van der Waals surface area (Å²) in [5, 5.41) is 7.16. The molecule has 0 spiro atoms. The van der Waals surface area contributed by atoms with E-state index in [1.807, 2.05) is 0 Å². The van der Waals surface area contributed by atoms with Crippen LogP contribution in [0.15, 0.2) is 58.1 Å². The summed E-state index contributed by atoms with van der Waals surface area (Å²) in [6.45, 7) is 0.711. The van der Waals surface area contributed by atoms with E-state index in [2.05, 4.69) is 10.4 Å². The minimum Gasteiger partial charge on any atom is -0.376 e. The average Bonchev–Trinajstić information content (AvgIpc) is 3.31. The van der Waals surface area contributed by atoms with Crippen LogP contribution in [0.3, 0.4) is 0 Å². The van der Waals surface area contributed by atoms with E-state index in [1.54, 1.807) is 24.3 Å². The third-order valence-electron chi connectivity index (χ3n) is 5.11. The molecule has 32 heavy (non-hydrogen) atoms. The molecule has 1 unspecified atom stereocenters. The normalized spacial score (nSPS) is 15.6. The number of rotatable bonds is 6. The number of aromatic nitrogens is 3. The maximum atomic E-state index is 13.3. The third-order valence-corrected chi connectivity index (χ3v) is 5.37. The Balaban J connectivity index is 1.75. The zero-order chi connectivity index (χ0) is 22.7. The predicted molar refractivity (Wildman–Crippen MR) is 116 cm³/mol. The van der Waals surface area contributed by atoms with Gasteiger partial charge in [-0.1, -0.05) is 23.7 Å². The van der Waals surface area contributed by atoms with Gasteiger partial charge in [0.15, 0.2) is 0 Å². The van der Waals surface area contributed by atoms with Crippen LogP contribution in [0.1, 0.15) is 28.9 Å². The maximum absolute atomic E-state index is 13.3. The quantitative estimate of drug-likeness (QED) is 0.610. The number of amides is 1. The molecule has 2 heterocycles. The zero-order valence-corrected chi connectivity index (χ0v) is 17.7. The van der Waals surface area contributed by atoms with Gasteiger partial charge in [-0.25, -0.2) is 9.18 Å². The largest absolute Gasteiger partial charge is 0.376 e. The molecule has 0 bridgehead atoms. The van der Waals surface area contributed by atoms with E-state index < -0.39 is 28.7 Å². The van der Waals surface area contributed by atoms with E-state index in [1.165, 1.54) is 24.3 Å². The predicted octanol–water partition coefficient (Wildman–Crippen LogP) is 2.14. The molecule has 1 fully saturated rings. The first-order valence-electron chi connectivity index (χ1n) is 10.1. The van der Waals surface area contributed by atoms with Gasteiger partial charge in [0.2, 0.25) is 5.69 Å². The standard InChI is InChI=1S/C22H20ClFN4O4/c23-15-5-9-17(10-6-15)28-22(31)27(13-14-3-7-16(24)8-4-14)21(30)19(26-28)20(29)25-12-18-2-1-11-32-18/h3-10,18H,1-2,11-13H2,(H,25,29). The number of nitrogens with one attached hydrogen (secondary N) is 1. The number of carbonyl (C=O) groups is 1. The Labute approximate surface area is 187 Å². The molecule has 1 aliphatic rings. The fourth-order valence-electron chi connectivity index (χ4n) is 3.41. The number of halogens is 2. The summed E-state index contributed by atoms with van der Waals surface area (Å²) in [5.74, 6) is -1.15. The van der Waals surface area contributed by atoms with E-state index in [4.69, 9.17) is 16.3 Å². The molecule has 1 saturated heterocycles. The van der Waals surface area contributed by atoms with Crippen LogP contribution in [-0.2, 0) is 11.3 Å². The molecule has 1 aliphatic heterocycles. The molecule has 8 nitrogen and oxygen atoms in total. The lowest BCUT2D eigenvalue weighted by molar-refractivity contribution is 0.0849. The summed E-state index contributed by atoms with van der Waals surface area (Å²) in [7, 11) is 0. The van der Waals surface area contributed by atoms with Gasteiger partial charge in [0.1, 0.15) is 5.82 Å².